The van der Waals surface area contributed by atoms with Gasteiger partial charge in [-0.1, -0.05) is 0 Å². The Kier molecular flexibility index (Phi) is 4.62. The number of nitrogens with one attached hydrogen (secondary N) is 1. The van der Waals surface area contributed by atoms with E-state index in [-0.39, 0.29) is 18.8 Å². The lowest BCUT2D eigenvalue weighted by atomic mass is 10.2. The molecule has 7 nitrogen and oxygen atoms in total. The maximum absolute atomic E-state index is 13.2. The van der Waals surface area contributed by atoms with Crippen molar-refractivity contribution in [3.63, 3.8) is 0 Å². The molecule has 0 saturated carbocycles. The minimum atomic E-state index is -4.78. The van der Waals surface area contributed by atoms with Gasteiger partial charge in [0.25, 0.3) is 5.56 Å². The van der Waals surface area contributed by atoms with Crippen LogP contribution in [0.2, 0.25) is 0 Å². The van der Waals surface area contributed by atoms with E-state index in [9.17, 15) is 18.0 Å². The van der Waals surface area contributed by atoms with Crippen LogP contribution in [0.5, 0.6) is 5.88 Å². The Morgan fingerprint density at radius 2 is 2.08 bits per heavy atom. The lowest BCUT2D eigenvalue weighted by molar-refractivity contribution is -0.138. The number of nitrogens with zero attached hydrogens (tertiary/aromatic N) is 3. The minimum absolute atomic E-state index is 0.130. The minimum Gasteiger partial charge on any atom is -0.475 e. The number of pyridine rings is 1. The van der Waals surface area contributed by atoms with E-state index in [0.29, 0.717) is 24.8 Å². The van der Waals surface area contributed by atoms with Crippen molar-refractivity contribution in [3.8, 4) is 5.88 Å². The van der Waals surface area contributed by atoms with Crippen LogP contribution in [0.25, 0.3) is 0 Å². The van der Waals surface area contributed by atoms with Crippen LogP contribution in [0, 0.1) is 0 Å². The molecule has 3 heterocycles. The Balaban J connectivity index is 1.85. The second kappa shape index (κ2) is 6.71. The number of anilines is 1. The number of aromatic amines is 1. The van der Waals surface area contributed by atoms with Crippen molar-refractivity contribution in [1.82, 2.24) is 15.2 Å². The van der Waals surface area contributed by atoms with Gasteiger partial charge in [-0.15, -0.1) is 0 Å². The quantitative estimate of drug-likeness (QED) is 0.822. The van der Waals surface area contributed by atoms with Gasteiger partial charge in [0, 0.05) is 19.7 Å². The zero-order chi connectivity index (χ0) is 18.0. The highest BCUT2D eigenvalue weighted by molar-refractivity contribution is 5.55. The maximum atomic E-state index is 13.2. The van der Waals surface area contributed by atoms with Crippen molar-refractivity contribution >= 4 is 5.69 Å². The molecule has 0 fully saturated rings. The van der Waals surface area contributed by atoms with Crippen LogP contribution in [0.15, 0.2) is 23.1 Å². The predicted octanol–water partition coefficient (Wildman–Crippen LogP) is 1.73. The fourth-order valence-electron chi connectivity index (χ4n) is 2.62. The highest BCUT2D eigenvalue weighted by Gasteiger charge is 2.39. The number of hydrogen-bond acceptors (Lipinski definition) is 6. The highest BCUT2D eigenvalue weighted by atomic mass is 19.4. The molecule has 0 aromatic carbocycles. The molecule has 1 aliphatic rings. The monoisotopic (exact) mass is 356 g/mol. The Morgan fingerprint density at radius 3 is 2.80 bits per heavy atom. The number of hydrogen-bond donors (Lipinski definition) is 1. The molecule has 25 heavy (non-hydrogen) atoms. The van der Waals surface area contributed by atoms with Gasteiger partial charge in [-0.25, -0.2) is 10.1 Å². The molecule has 0 unspecified atom stereocenters. The summed E-state index contributed by atoms with van der Waals surface area (Å²) in [6.07, 6.45) is -3.77. The zero-order valence-corrected chi connectivity index (χ0v) is 13.3. The number of H-pyrrole nitrogens is 1. The second-order valence-corrected chi connectivity index (χ2v) is 5.41. The highest BCUT2D eigenvalue weighted by Crippen LogP contribution is 2.36. The molecule has 3 rings (SSSR count). The van der Waals surface area contributed by atoms with Crippen LogP contribution in [-0.2, 0) is 24.0 Å². The van der Waals surface area contributed by atoms with Gasteiger partial charge in [0.05, 0.1) is 30.7 Å². The molecular weight excluding hydrogens is 341 g/mol. The summed E-state index contributed by atoms with van der Waals surface area (Å²) >= 11 is 0. The fraction of sp³-hybridized carbons (Fsp3) is 0.400. The predicted molar refractivity (Wildman–Crippen MR) is 81.4 cm³/mol. The number of halogens is 3. The molecule has 0 atom stereocenters. The molecule has 0 radical (unpaired) electrons. The molecule has 2 aromatic rings. The maximum Gasteiger partial charge on any atom is 0.423 e. The SMILES string of the molecule is COCCOc1ccc2c(n1)CN(c1cn[nH]c(=O)c1C(F)(F)F)C2. The summed E-state index contributed by atoms with van der Waals surface area (Å²) in [7, 11) is 1.55. The van der Waals surface area contributed by atoms with E-state index >= 15 is 0 Å². The summed E-state index contributed by atoms with van der Waals surface area (Å²) < 4.78 is 49.9. The number of methoxy groups -OCH3 is 1. The van der Waals surface area contributed by atoms with Gasteiger partial charge < -0.3 is 14.4 Å². The number of fused-ring (bicyclic) bond motifs is 1. The number of aromatic nitrogens is 3. The molecule has 1 N–H and O–H groups in total. The zero-order valence-electron chi connectivity index (χ0n) is 13.3. The summed E-state index contributed by atoms with van der Waals surface area (Å²) in [5, 5.41) is 5.32. The van der Waals surface area contributed by atoms with Crippen LogP contribution in [-0.4, -0.2) is 35.5 Å². The van der Waals surface area contributed by atoms with Gasteiger partial charge in [0.2, 0.25) is 5.88 Å². The van der Waals surface area contributed by atoms with Gasteiger partial charge >= 0.3 is 6.18 Å². The fourth-order valence-corrected chi connectivity index (χ4v) is 2.62. The van der Waals surface area contributed by atoms with E-state index < -0.39 is 17.3 Å². The van der Waals surface area contributed by atoms with E-state index in [1.807, 2.05) is 5.10 Å². The molecule has 1 aliphatic heterocycles. The standard InChI is InChI=1S/C15H15F3N4O3/c1-24-4-5-25-12-3-2-9-7-22(8-10(9)20-12)11-6-19-21-14(23)13(11)15(16,17)18/h2-3,6H,4-5,7-8H2,1H3,(H,21,23). The van der Waals surface area contributed by atoms with E-state index in [0.717, 1.165) is 11.8 Å². The Morgan fingerprint density at radius 1 is 1.28 bits per heavy atom. The van der Waals surface area contributed by atoms with E-state index in [2.05, 4.69) is 10.1 Å². The number of rotatable bonds is 5. The summed E-state index contributed by atoms with van der Waals surface area (Å²) in [6.45, 7) is 1.06. The van der Waals surface area contributed by atoms with Crippen LogP contribution >= 0.6 is 0 Å². The molecular formula is C15H15F3N4O3. The lowest BCUT2D eigenvalue weighted by Crippen LogP contribution is -2.28. The molecule has 0 saturated heterocycles. The lowest BCUT2D eigenvalue weighted by Gasteiger charge is -2.20. The largest absolute Gasteiger partial charge is 0.475 e. The first kappa shape index (κ1) is 17.2. The Bertz CT molecular complexity index is 822. The van der Waals surface area contributed by atoms with Gasteiger partial charge in [0.15, 0.2) is 0 Å². The Hall–Kier alpha value is -2.62. The summed E-state index contributed by atoms with van der Waals surface area (Å²) in [5.41, 5.74) is -1.42. The summed E-state index contributed by atoms with van der Waals surface area (Å²) in [4.78, 5) is 17.3. The number of ether oxygens (including phenoxy) is 2. The summed E-state index contributed by atoms with van der Waals surface area (Å²) in [5.74, 6) is 0.373. The van der Waals surface area contributed by atoms with Gasteiger partial charge in [-0.3, -0.25) is 4.79 Å². The molecule has 2 aromatic heterocycles. The normalized spacial score (nSPS) is 13.8. The molecule has 0 bridgehead atoms. The van der Waals surface area contributed by atoms with Crippen molar-refractivity contribution in [2.45, 2.75) is 19.3 Å². The topological polar surface area (TPSA) is 80.3 Å². The van der Waals surface area contributed by atoms with Crippen molar-refractivity contribution < 1.29 is 22.6 Å². The van der Waals surface area contributed by atoms with E-state index in [1.165, 1.54) is 4.90 Å². The molecule has 0 amide bonds. The molecule has 10 heteroatoms. The van der Waals surface area contributed by atoms with Gasteiger partial charge in [-0.05, 0) is 11.6 Å². The first-order valence-corrected chi connectivity index (χ1v) is 7.40. The van der Waals surface area contributed by atoms with Crippen LogP contribution in [0.1, 0.15) is 16.8 Å². The molecule has 134 valence electrons. The van der Waals surface area contributed by atoms with E-state index in [4.69, 9.17) is 9.47 Å². The van der Waals surface area contributed by atoms with Crippen LogP contribution in [0.3, 0.4) is 0 Å². The molecule has 0 spiro atoms. The second-order valence-electron chi connectivity index (χ2n) is 5.41. The number of alkyl halides is 3. The van der Waals surface area contributed by atoms with Crippen molar-refractivity contribution in [2.24, 2.45) is 0 Å². The average molecular weight is 356 g/mol. The van der Waals surface area contributed by atoms with Crippen LogP contribution < -0.4 is 15.2 Å². The van der Waals surface area contributed by atoms with Crippen LogP contribution in [0.4, 0.5) is 18.9 Å². The first-order chi connectivity index (χ1) is 11.9. The van der Waals surface area contributed by atoms with Gasteiger partial charge in [-0.2, -0.15) is 18.3 Å². The Labute approximate surface area is 140 Å². The third-order valence-corrected chi connectivity index (χ3v) is 3.74. The molecule has 0 aliphatic carbocycles. The first-order valence-electron chi connectivity index (χ1n) is 7.40. The van der Waals surface area contributed by atoms with Crippen molar-refractivity contribution in [3.05, 3.63) is 45.5 Å². The smallest absolute Gasteiger partial charge is 0.423 e. The van der Waals surface area contributed by atoms with Crippen molar-refractivity contribution in [2.75, 3.05) is 25.2 Å². The third-order valence-electron chi connectivity index (χ3n) is 3.74. The third kappa shape index (κ3) is 3.58. The van der Waals surface area contributed by atoms with Gasteiger partial charge in [0.1, 0.15) is 12.2 Å². The van der Waals surface area contributed by atoms with E-state index in [1.54, 1.807) is 19.2 Å². The summed E-state index contributed by atoms with van der Waals surface area (Å²) in [6, 6.07) is 3.40. The van der Waals surface area contributed by atoms with Crippen molar-refractivity contribution in [1.29, 1.82) is 0 Å². The average Bonchev–Trinajstić information content (AvgIpc) is 2.97.